The molecule has 1 aromatic carbocycles. The lowest BCUT2D eigenvalue weighted by atomic mass is 9.87. The van der Waals surface area contributed by atoms with Crippen LogP contribution in [0.3, 0.4) is 0 Å². The molecule has 0 amide bonds. The van der Waals surface area contributed by atoms with E-state index < -0.39 is 14.3 Å². The second-order valence-corrected chi connectivity index (χ2v) is 14.4. The van der Waals surface area contributed by atoms with Crippen LogP contribution in [0, 0.1) is 17.2 Å². The molecule has 1 aromatic rings. The Morgan fingerprint density at radius 2 is 1.97 bits per heavy atom. The van der Waals surface area contributed by atoms with Gasteiger partial charge in [0.2, 0.25) is 0 Å². The van der Waals surface area contributed by atoms with Crippen molar-refractivity contribution in [1.82, 2.24) is 4.90 Å². The van der Waals surface area contributed by atoms with Crippen LogP contribution in [0.15, 0.2) is 24.3 Å². The number of nitriles is 1. The van der Waals surface area contributed by atoms with Gasteiger partial charge in [-0.05, 0) is 61.6 Å². The summed E-state index contributed by atoms with van der Waals surface area (Å²) >= 11 is 0. The lowest BCUT2D eigenvalue weighted by molar-refractivity contribution is -0.146. The van der Waals surface area contributed by atoms with Gasteiger partial charge < -0.3 is 9.53 Å². The van der Waals surface area contributed by atoms with Gasteiger partial charge in [-0.1, -0.05) is 39.8 Å². The molecule has 3 atom stereocenters. The summed E-state index contributed by atoms with van der Waals surface area (Å²) < 4.78 is 6.82. The van der Waals surface area contributed by atoms with Crippen molar-refractivity contribution in [3.05, 3.63) is 35.4 Å². The molecule has 0 spiro atoms. The number of carboxylic acids is 1. The second-order valence-electron chi connectivity index (χ2n) is 9.66. The van der Waals surface area contributed by atoms with Gasteiger partial charge >= 0.3 is 5.97 Å². The van der Waals surface area contributed by atoms with Crippen LogP contribution in [0.5, 0.6) is 0 Å². The van der Waals surface area contributed by atoms with Gasteiger partial charge in [0.15, 0.2) is 8.32 Å². The number of hydrogen-bond acceptors (Lipinski definition) is 4. The number of likely N-dealkylation sites (tertiary alicyclic amines) is 1. The largest absolute Gasteiger partial charge is 0.481 e. The van der Waals surface area contributed by atoms with Crippen molar-refractivity contribution in [3.8, 4) is 6.07 Å². The number of carboxylic acid groups (broad SMARTS) is 1. The van der Waals surface area contributed by atoms with E-state index in [0.29, 0.717) is 12.1 Å². The summed E-state index contributed by atoms with van der Waals surface area (Å²) in [7, 11) is -2.04. The second kappa shape index (κ2) is 9.42. The molecule has 1 aliphatic heterocycles. The standard InChI is InChI=1S/C23H36N2O3Si/c1-7-20-19(22(26)27)9-8-14-25(20)16-21(28-29(5,6)23(2,3)4)18-12-10-17(15-24)11-13-18/h10-13,19-21H,7-9,14,16H2,1-6H3,(H,26,27). The number of carbonyl (C=O) groups is 1. The number of hydrogen-bond donors (Lipinski definition) is 1. The van der Waals surface area contributed by atoms with Crippen molar-refractivity contribution < 1.29 is 14.3 Å². The molecule has 160 valence electrons. The van der Waals surface area contributed by atoms with Crippen LogP contribution < -0.4 is 0 Å². The molecule has 2 rings (SSSR count). The first-order valence-electron chi connectivity index (χ1n) is 10.6. The first-order chi connectivity index (χ1) is 13.5. The average molecular weight is 417 g/mol. The number of benzene rings is 1. The first kappa shape index (κ1) is 23.6. The number of nitrogens with zero attached hydrogens (tertiary/aromatic N) is 2. The normalized spacial score (nSPS) is 22.1. The van der Waals surface area contributed by atoms with E-state index in [1.807, 2.05) is 24.3 Å². The number of rotatable bonds is 7. The zero-order valence-corrected chi connectivity index (χ0v) is 19.7. The van der Waals surface area contributed by atoms with Crippen molar-refractivity contribution in [2.45, 2.75) is 77.2 Å². The molecular formula is C23H36N2O3Si. The summed E-state index contributed by atoms with van der Waals surface area (Å²) in [6.07, 6.45) is 2.32. The minimum absolute atomic E-state index is 0.0325. The third-order valence-electron chi connectivity index (χ3n) is 6.68. The molecule has 1 N–H and O–H groups in total. The molecule has 0 bridgehead atoms. The van der Waals surface area contributed by atoms with E-state index in [0.717, 1.165) is 31.4 Å². The molecular weight excluding hydrogens is 380 g/mol. The van der Waals surface area contributed by atoms with E-state index in [-0.39, 0.29) is 23.1 Å². The third kappa shape index (κ3) is 5.69. The fourth-order valence-electron chi connectivity index (χ4n) is 3.91. The molecule has 6 heteroatoms. The Labute approximate surface area is 176 Å². The van der Waals surface area contributed by atoms with Crippen LogP contribution >= 0.6 is 0 Å². The highest BCUT2D eigenvalue weighted by Crippen LogP contribution is 2.40. The fraction of sp³-hybridized carbons (Fsp3) is 0.652. The van der Waals surface area contributed by atoms with Gasteiger partial charge in [-0.15, -0.1) is 0 Å². The quantitative estimate of drug-likeness (QED) is 0.619. The molecule has 1 fully saturated rings. The van der Waals surface area contributed by atoms with Crippen molar-refractivity contribution in [1.29, 1.82) is 5.26 Å². The van der Waals surface area contributed by atoms with Gasteiger partial charge in [-0.2, -0.15) is 5.26 Å². The highest BCUT2D eigenvalue weighted by molar-refractivity contribution is 6.74. The summed E-state index contributed by atoms with van der Waals surface area (Å²) in [6.45, 7) is 14.8. The predicted octanol–water partition coefficient (Wildman–Crippen LogP) is 5.20. The van der Waals surface area contributed by atoms with Crippen molar-refractivity contribution in [2.75, 3.05) is 13.1 Å². The van der Waals surface area contributed by atoms with Crippen LogP contribution in [0.2, 0.25) is 18.1 Å². The van der Waals surface area contributed by atoms with Gasteiger partial charge in [0, 0.05) is 12.6 Å². The summed E-state index contributed by atoms with van der Waals surface area (Å²) in [6, 6.07) is 9.85. The lowest BCUT2D eigenvalue weighted by Gasteiger charge is -2.44. The van der Waals surface area contributed by atoms with Gasteiger partial charge in [0.05, 0.1) is 23.7 Å². The van der Waals surface area contributed by atoms with Crippen LogP contribution in [0.25, 0.3) is 0 Å². The minimum atomic E-state index is -2.04. The van der Waals surface area contributed by atoms with E-state index in [4.69, 9.17) is 9.69 Å². The Morgan fingerprint density at radius 3 is 2.45 bits per heavy atom. The molecule has 1 saturated heterocycles. The Balaban J connectivity index is 2.33. The van der Waals surface area contributed by atoms with Crippen LogP contribution in [-0.2, 0) is 9.22 Å². The number of aliphatic carboxylic acids is 1. The van der Waals surface area contributed by atoms with Crippen molar-refractivity contribution in [2.24, 2.45) is 5.92 Å². The Kier molecular flexibility index (Phi) is 7.66. The predicted molar refractivity (Wildman–Crippen MR) is 118 cm³/mol. The van der Waals surface area contributed by atoms with Crippen molar-refractivity contribution >= 4 is 14.3 Å². The maximum atomic E-state index is 11.8. The Morgan fingerprint density at radius 1 is 1.34 bits per heavy atom. The molecule has 0 aliphatic carbocycles. The molecule has 1 heterocycles. The third-order valence-corrected chi connectivity index (χ3v) is 11.2. The molecule has 0 radical (unpaired) electrons. The molecule has 1 aliphatic rings. The summed E-state index contributed by atoms with van der Waals surface area (Å²) in [5.74, 6) is -1.01. The zero-order valence-electron chi connectivity index (χ0n) is 18.7. The molecule has 0 aromatic heterocycles. The Bertz CT molecular complexity index is 734. The van der Waals surface area contributed by atoms with Gasteiger partial charge in [-0.3, -0.25) is 9.69 Å². The van der Waals surface area contributed by atoms with Crippen LogP contribution in [0.4, 0.5) is 0 Å². The molecule has 5 nitrogen and oxygen atoms in total. The van der Waals surface area contributed by atoms with Crippen molar-refractivity contribution in [3.63, 3.8) is 0 Å². The summed E-state index contributed by atoms with van der Waals surface area (Å²) in [4.78, 5) is 14.1. The topological polar surface area (TPSA) is 73.6 Å². The highest BCUT2D eigenvalue weighted by atomic mass is 28.4. The Hall–Kier alpha value is -1.68. The zero-order chi connectivity index (χ0) is 21.8. The average Bonchev–Trinajstić information content (AvgIpc) is 2.66. The summed E-state index contributed by atoms with van der Waals surface area (Å²) in [5, 5.41) is 18.9. The maximum absolute atomic E-state index is 11.8. The van der Waals surface area contributed by atoms with Gasteiger partial charge in [0.25, 0.3) is 0 Å². The van der Waals surface area contributed by atoms with E-state index in [2.05, 4.69) is 51.8 Å². The maximum Gasteiger partial charge on any atom is 0.308 e. The van der Waals surface area contributed by atoms with Crippen LogP contribution in [-0.4, -0.2) is 43.4 Å². The molecule has 3 unspecified atom stereocenters. The lowest BCUT2D eigenvalue weighted by Crippen LogP contribution is -2.50. The van der Waals surface area contributed by atoms with Crippen LogP contribution in [0.1, 0.15) is 64.2 Å². The molecule has 0 saturated carbocycles. The SMILES string of the molecule is CCC1C(C(=O)O)CCCN1CC(O[Si](C)(C)C(C)(C)C)c1ccc(C#N)cc1. The minimum Gasteiger partial charge on any atom is -0.481 e. The van der Waals surface area contributed by atoms with Gasteiger partial charge in [0.1, 0.15) is 0 Å². The monoisotopic (exact) mass is 416 g/mol. The molecule has 29 heavy (non-hydrogen) atoms. The van der Waals surface area contributed by atoms with E-state index >= 15 is 0 Å². The fourth-order valence-corrected chi connectivity index (χ4v) is 5.19. The van der Waals surface area contributed by atoms with E-state index in [1.165, 1.54) is 0 Å². The van der Waals surface area contributed by atoms with E-state index in [9.17, 15) is 9.90 Å². The van der Waals surface area contributed by atoms with E-state index in [1.54, 1.807) is 0 Å². The number of piperidine rings is 1. The van der Waals surface area contributed by atoms with Gasteiger partial charge in [-0.25, -0.2) is 0 Å². The summed E-state index contributed by atoms with van der Waals surface area (Å²) in [5.41, 5.74) is 1.69. The highest BCUT2D eigenvalue weighted by Gasteiger charge is 2.41. The smallest absolute Gasteiger partial charge is 0.308 e. The first-order valence-corrected chi connectivity index (χ1v) is 13.6.